The van der Waals surface area contributed by atoms with Gasteiger partial charge in [0.2, 0.25) is 0 Å². The van der Waals surface area contributed by atoms with Gasteiger partial charge in [0, 0.05) is 0 Å². The Morgan fingerprint density at radius 2 is 1.94 bits per heavy atom. The first-order chi connectivity index (χ1) is 7.11. The van der Waals surface area contributed by atoms with Gasteiger partial charge in [0.25, 0.3) is 0 Å². The average Bonchev–Trinajstić information content (AvgIpc) is 2.27. The van der Waals surface area contributed by atoms with Crippen LogP contribution in [0.15, 0.2) is 30.3 Å². The molecule has 0 aliphatic rings. The van der Waals surface area contributed by atoms with Crippen LogP contribution in [0.1, 0.15) is 31.7 Å². The van der Waals surface area contributed by atoms with Gasteiger partial charge in [-0.3, -0.25) is 0 Å². The fourth-order valence-corrected chi connectivity index (χ4v) is 1.57. The van der Waals surface area contributed by atoms with Gasteiger partial charge in [-0.05, 0) is 12.0 Å². The van der Waals surface area contributed by atoms with Crippen molar-refractivity contribution in [3.05, 3.63) is 35.9 Å². The minimum Gasteiger partial charge on any atom is -0.480 e. The third kappa shape index (κ3) is 3.22. The van der Waals surface area contributed by atoms with Gasteiger partial charge >= 0.3 is 5.97 Å². The Bertz CT molecular complexity index is 329. The first kappa shape index (κ1) is 14.9. The van der Waals surface area contributed by atoms with Crippen molar-refractivity contribution in [2.75, 3.05) is 0 Å². The number of aliphatic carboxylic acids is 1. The molecule has 16 heavy (non-hydrogen) atoms. The van der Waals surface area contributed by atoms with Crippen LogP contribution >= 0.6 is 12.4 Å². The molecule has 0 aromatic heterocycles. The summed E-state index contributed by atoms with van der Waals surface area (Å²) in [7, 11) is 0. The Kier molecular flexibility index (Phi) is 6.08. The Morgan fingerprint density at radius 3 is 2.38 bits per heavy atom. The van der Waals surface area contributed by atoms with Crippen molar-refractivity contribution in [3.8, 4) is 0 Å². The van der Waals surface area contributed by atoms with Crippen molar-refractivity contribution < 1.29 is 9.90 Å². The molecule has 90 valence electrons. The van der Waals surface area contributed by atoms with Crippen molar-refractivity contribution in [2.45, 2.75) is 31.7 Å². The van der Waals surface area contributed by atoms with E-state index in [2.05, 4.69) is 0 Å². The topological polar surface area (TPSA) is 63.3 Å². The predicted molar refractivity (Wildman–Crippen MR) is 66.7 cm³/mol. The van der Waals surface area contributed by atoms with Crippen LogP contribution in [0.5, 0.6) is 0 Å². The summed E-state index contributed by atoms with van der Waals surface area (Å²) in [6, 6.07) is 9.01. The summed E-state index contributed by atoms with van der Waals surface area (Å²) < 4.78 is 0. The maximum absolute atomic E-state index is 11.2. The molecular formula is C12H18ClNO2. The Hall–Kier alpha value is -1.06. The molecule has 0 spiro atoms. The molecule has 0 fully saturated rings. The van der Waals surface area contributed by atoms with Gasteiger partial charge in [-0.15, -0.1) is 12.4 Å². The molecule has 0 amide bonds. The molecule has 0 bridgehead atoms. The predicted octanol–water partition coefficient (Wildman–Crippen LogP) is 2.54. The van der Waals surface area contributed by atoms with Crippen LogP contribution in [0.25, 0.3) is 0 Å². The average molecular weight is 244 g/mol. The highest BCUT2D eigenvalue weighted by Crippen LogP contribution is 2.24. The second-order valence-corrected chi connectivity index (χ2v) is 3.75. The van der Waals surface area contributed by atoms with Crippen molar-refractivity contribution in [1.82, 2.24) is 0 Å². The maximum atomic E-state index is 11.2. The molecule has 4 heteroatoms. The minimum absolute atomic E-state index is 0. The summed E-state index contributed by atoms with van der Waals surface area (Å²) in [5.74, 6) is -0.956. The van der Waals surface area contributed by atoms with Crippen LogP contribution in [0.4, 0.5) is 0 Å². The number of nitrogens with two attached hydrogens (primary N) is 1. The molecule has 1 rings (SSSR count). The van der Waals surface area contributed by atoms with Crippen molar-refractivity contribution >= 4 is 18.4 Å². The van der Waals surface area contributed by atoms with E-state index in [0.717, 1.165) is 12.8 Å². The summed E-state index contributed by atoms with van der Waals surface area (Å²) >= 11 is 0. The van der Waals surface area contributed by atoms with Crippen LogP contribution in [0.2, 0.25) is 0 Å². The molecule has 0 unspecified atom stereocenters. The lowest BCUT2D eigenvalue weighted by Gasteiger charge is -2.24. The van der Waals surface area contributed by atoms with E-state index in [1.807, 2.05) is 25.1 Å². The number of benzene rings is 1. The van der Waals surface area contributed by atoms with Crippen LogP contribution in [-0.4, -0.2) is 11.1 Å². The first-order valence-corrected chi connectivity index (χ1v) is 5.19. The number of carbonyl (C=O) groups is 1. The third-order valence-corrected chi connectivity index (χ3v) is 2.60. The van der Waals surface area contributed by atoms with E-state index in [-0.39, 0.29) is 12.4 Å². The molecule has 1 atom stereocenters. The zero-order chi connectivity index (χ0) is 11.3. The summed E-state index contributed by atoms with van der Waals surface area (Å²) in [6.07, 6.45) is 2.24. The Morgan fingerprint density at radius 1 is 1.38 bits per heavy atom. The van der Waals surface area contributed by atoms with E-state index < -0.39 is 11.5 Å². The standard InChI is InChI=1S/C12H17NO2.ClH/c1-2-3-9-12(13,11(14)15)10-7-5-4-6-8-10;/h4-8H,2-3,9,13H2,1H3,(H,14,15);1H/t12-;/m1./s1. The van der Waals surface area contributed by atoms with E-state index in [4.69, 9.17) is 5.73 Å². The smallest absolute Gasteiger partial charge is 0.328 e. The Balaban J connectivity index is 0.00000225. The second-order valence-electron chi connectivity index (χ2n) is 3.75. The molecule has 0 aliphatic heterocycles. The monoisotopic (exact) mass is 243 g/mol. The third-order valence-electron chi connectivity index (χ3n) is 2.60. The molecule has 0 heterocycles. The molecule has 1 aromatic rings. The molecule has 0 radical (unpaired) electrons. The van der Waals surface area contributed by atoms with Gasteiger partial charge in [0.05, 0.1) is 0 Å². The molecule has 1 aromatic carbocycles. The molecule has 0 saturated heterocycles. The van der Waals surface area contributed by atoms with Gasteiger partial charge in [-0.25, -0.2) is 4.79 Å². The largest absolute Gasteiger partial charge is 0.480 e. The lowest BCUT2D eigenvalue weighted by Crippen LogP contribution is -2.44. The lowest BCUT2D eigenvalue weighted by molar-refractivity contribution is -0.144. The minimum atomic E-state index is -1.24. The zero-order valence-electron chi connectivity index (χ0n) is 9.35. The van der Waals surface area contributed by atoms with E-state index in [1.54, 1.807) is 12.1 Å². The van der Waals surface area contributed by atoms with Crippen molar-refractivity contribution in [1.29, 1.82) is 0 Å². The molecular weight excluding hydrogens is 226 g/mol. The number of unbranched alkanes of at least 4 members (excludes halogenated alkanes) is 1. The molecule has 3 nitrogen and oxygen atoms in total. The SMILES string of the molecule is CCCC[C@](N)(C(=O)O)c1ccccc1.Cl. The Labute approximate surface area is 102 Å². The fourth-order valence-electron chi connectivity index (χ4n) is 1.57. The summed E-state index contributed by atoms with van der Waals surface area (Å²) in [6.45, 7) is 2.02. The number of carboxylic acids is 1. The lowest BCUT2D eigenvalue weighted by atomic mass is 9.86. The van der Waals surface area contributed by atoms with Gasteiger partial charge < -0.3 is 10.8 Å². The summed E-state index contributed by atoms with van der Waals surface area (Å²) in [5, 5.41) is 9.19. The van der Waals surface area contributed by atoms with Gasteiger partial charge in [0.1, 0.15) is 5.54 Å². The number of halogens is 1. The maximum Gasteiger partial charge on any atom is 0.328 e. The van der Waals surface area contributed by atoms with E-state index in [9.17, 15) is 9.90 Å². The highest BCUT2D eigenvalue weighted by molar-refractivity contribution is 5.85. The fraction of sp³-hybridized carbons (Fsp3) is 0.417. The molecule has 3 N–H and O–H groups in total. The highest BCUT2D eigenvalue weighted by Gasteiger charge is 2.34. The summed E-state index contributed by atoms with van der Waals surface area (Å²) in [4.78, 5) is 11.2. The second kappa shape index (κ2) is 6.51. The number of hydrogen-bond acceptors (Lipinski definition) is 2. The molecule has 0 saturated carbocycles. The van der Waals surface area contributed by atoms with E-state index in [1.165, 1.54) is 0 Å². The van der Waals surface area contributed by atoms with Crippen LogP contribution in [0.3, 0.4) is 0 Å². The first-order valence-electron chi connectivity index (χ1n) is 5.19. The van der Waals surface area contributed by atoms with Crippen molar-refractivity contribution in [2.24, 2.45) is 5.73 Å². The van der Waals surface area contributed by atoms with Crippen LogP contribution < -0.4 is 5.73 Å². The van der Waals surface area contributed by atoms with Gasteiger partial charge in [-0.2, -0.15) is 0 Å². The number of hydrogen-bond donors (Lipinski definition) is 2. The molecule has 0 aliphatic carbocycles. The quantitative estimate of drug-likeness (QED) is 0.835. The normalized spacial score (nSPS) is 13.6. The van der Waals surface area contributed by atoms with Crippen LogP contribution in [0, 0.1) is 0 Å². The zero-order valence-corrected chi connectivity index (χ0v) is 10.2. The van der Waals surface area contributed by atoms with E-state index in [0.29, 0.717) is 12.0 Å². The van der Waals surface area contributed by atoms with Gasteiger partial charge in [-0.1, -0.05) is 50.1 Å². The summed E-state index contributed by atoms with van der Waals surface area (Å²) in [5.41, 5.74) is 5.38. The number of rotatable bonds is 5. The highest BCUT2D eigenvalue weighted by atomic mass is 35.5. The van der Waals surface area contributed by atoms with Crippen LogP contribution in [-0.2, 0) is 10.3 Å². The van der Waals surface area contributed by atoms with Gasteiger partial charge in [0.15, 0.2) is 0 Å². The van der Waals surface area contributed by atoms with E-state index >= 15 is 0 Å². The number of carboxylic acid groups (broad SMARTS) is 1. The van der Waals surface area contributed by atoms with Crippen molar-refractivity contribution in [3.63, 3.8) is 0 Å².